The van der Waals surface area contributed by atoms with Crippen LogP contribution in [0.2, 0.25) is 0 Å². The first kappa shape index (κ1) is 14.5. The van der Waals surface area contributed by atoms with Gasteiger partial charge in [-0.05, 0) is 6.92 Å². The van der Waals surface area contributed by atoms with Crippen molar-refractivity contribution in [2.45, 2.75) is 13.0 Å². The number of aromatic nitrogens is 1. The molecular weight excluding hydrogens is 258 g/mol. The predicted molar refractivity (Wildman–Crippen MR) is 67.2 cm³/mol. The molecule has 1 rings (SSSR count). The molecule has 1 amide bonds. The molecule has 7 nitrogen and oxygen atoms in total. The molecule has 0 fully saturated rings. The Labute approximate surface area is 108 Å². The van der Waals surface area contributed by atoms with Gasteiger partial charge in [0.25, 0.3) is 0 Å². The van der Waals surface area contributed by atoms with E-state index >= 15 is 0 Å². The van der Waals surface area contributed by atoms with E-state index in [0.717, 1.165) is 0 Å². The summed E-state index contributed by atoms with van der Waals surface area (Å²) < 4.78 is 9.27. The van der Waals surface area contributed by atoms with Gasteiger partial charge < -0.3 is 20.3 Å². The van der Waals surface area contributed by atoms with Crippen LogP contribution in [-0.2, 0) is 14.3 Å². The lowest BCUT2D eigenvalue weighted by atomic mass is 10.4. The highest BCUT2D eigenvalue weighted by atomic mass is 32.2. The Balaban J connectivity index is 2.23. The molecule has 1 unspecified atom stereocenters. The molecule has 18 heavy (non-hydrogen) atoms. The summed E-state index contributed by atoms with van der Waals surface area (Å²) in [7, 11) is 1.27. The molecular formula is C10H15N3O4S. The van der Waals surface area contributed by atoms with Crippen LogP contribution in [0.4, 0.5) is 5.82 Å². The molecule has 0 aliphatic carbocycles. The maximum Gasteiger partial charge on any atom is 0.323 e. The van der Waals surface area contributed by atoms with E-state index in [2.05, 4.69) is 15.2 Å². The second-order valence-corrected chi connectivity index (χ2v) is 4.55. The fourth-order valence-corrected chi connectivity index (χ4v) is 1.87. The number of ether oxygens (including phenoxy) is 1. The smallest absolute Gasteiger partial charge is 0.323 e. The third kappa shape index (κ3) is 4.76. The van der Waals surface area contributed by atoms with Gasteiger partial charge >= 0.3 is 5.97 Å². The molecule has 8 heteroatoms. The second-order valence-electron chi connectivity index (χ2n) is 3.52. The van der Waals surface area contributed by atoms with Crippen LogP contribution < -0.4 is 11.1 Å². The largest absolute Gasteiger partial charge is 0.468 e. The van der Waals surface area contributed by atoms with E-state index in [-0.39, 0.29) is 11.7 Å². The van der Waals surface area contributed by atoms with Crippen LogP contribution in [0.25, 0.3) is 0 Å². The van der Waals surface area contributed by atoms with Crippen molar-refractivity contribution in [3.05, 3.63) is 11.8 Å². The van der Waals surface area contributed by atoms with E-state index < -0.39 is 12.0 Å². The maximum absolute atomic E-state index is 11.5. The first-order chi connectivity index (χ1) is 8.52. The van der Waals surface area contributed by atoms with Crippen molar-refractivity contribution in [3.8, 4) is 0 Å². The number of esters is 1. The van der Waals surface area contributed by atoms with Crippen molar-refractivity contribution < 1.29 is 18.8 Å². The van der Waals surface area contributed by atoms with Crippen molar-refractivity contribution in [1.82, 2.24) is 5.16 Å². The van der Waals surface area contributed by atoms with Crippen molar-refractivity contribution in [1.29, 1.82) is 0 Å². The average molecular weight is 273 g/mol. The monoisotopic (exact) mass is 273 g/mol. The van der Waals surface area contributed by atoms with Crippen molar-refractivity contribution >= 4 is 29.5 Å². The number of carbonyl (C=O) groups is 2. The van der Waals surface area contributed by atoms with E-state index in [9.17, 15) is 9.59 Å². The first-order valence-electron chi connectivity index (χ1n) is 5.17. The summed E-state index contributed by atoms with van der Waals surface area (Å²) in [6.45, 7) is 1.73. The molecule has 1 aromatic rings. The summed E-state index contributed by atoms with van der Waals surface area (Å²) in [5, 5.41) is 6.18. The minimum atomic E-state index is -0.720. The number of nitrogens with one attached hydrogen (secondary N) is 1. The molecule has 0 radical (unpaired) electrons. The highest BCUT2D eigenvalue weighted by Crippen LogP contribution is 2.09. The number of anilines is 1. The Kier molecular flexibility index (Phi) is 5.66. The van der Waals surface area contributed by atoms with Crippen molar-refractivity contribution in [3.63, 3.8) is 0 Å². The van der Waals surface area contributed by atoms with Crippen LogP contribution in [-0.4, -0.2) is 41.7 Å². The molecule has 0 spiro atoms. The van der Waals surface area contributed by atoms with Gasteiger partial charge in [0.2, 0.25) is 5.91 Å². The lowest BCUT2D eigenvalue weighted by molar-refractivity contribution is -0.141. The molecule has 0 saturated carbocycles. The zero-order valence-electron chi connectivity index (χ0n) is 10.1. The molecule has 0 bridgehead atoms. The van der Waals surface area contributed by atoms with E-state index in [1.807, 2.05) is 0 Å². The van der Waals surface area contributed by atoms with Gasteiger partial charge in [0, 0.05) is 11.8 Å². The Morgan fingerprint density at radius 3 is 2.94 bits per heavy atom. The first-order valence-corrected chi connectivity index (χ1v) is 6.32. The number of hydrogen-bond acceptors (Lipinski definition) is 7. The molecule has 0 aliphatic heterocycles. The number of nitrogens with two attached hydrogens (primary N) is 1. The van der Waals surface area contributed by atoms with Gasteiger partial charge in [-0.3, -0.25) is 9.59 Å². The van der Waals surface area contributed by atoms with Gasteiger partial charge in [0.05, 0.1) is 12.9 Å². The van der Waals surface area contributed by atoms with Crippen LogP contribution in [0.1, 0.15) is 5.76 Å². The van der Waals surface area contributed by atoms with E-state index in [4.69, 9.17) is 10.3 Å². The number of aryl methyl sites for hydroxylation is 1. The zero-order valence-corrected chi connectivity index (χ0v) is 11.0. The summed E-state index contributed by atoms with van der Waals surface area (Å²) in [6, 6.07) is 0.894. The number of rotatable bonds is 6. The standard InChI is InChI=1S/C10H15N3O4S/c1-6-3-8(13-17-6)12-9(14)5-18-4-7(11)10(15)16-2/h3,7H,4-5,11H2,1-2H3,(H,12,13,14). The molecule has 3 N–H and O–H groups in total. The lowest BCUT2D eigenvalue weighted by Gasteiger charge is -2.08. The molecule has 0 aliphatic rings. The third-order valence-corrected chi connectivity index (χ3v) is 2.99. The third-order valence-electron chi connectivity index (χ3n) is 1.93. The van der Waals surface area contributed by atoms with Gasteiger partial charge in [0.1, 0.15) is 11.8 Å². The van der Waals surface area contributed by atoms with Gasteiger partial charge in [-0.2, -0.15) is 0 Å². The zero-order chi connectivity index (χ0) is 13.5. The van der Waals surface area contributed by atoms with Crippen molar-refractivity contribution in [2.24, 2.45) is 5.73 Å². The van der Waals surface area contributed by atoms with E-state index in [1.165, 1.54) is 18.9 Å². The summed E-state index contributed by atoms with van der Waals surface area (Å²) >= 11 is 1.24. The number of hydrogen-bond donors (Lipinski definition) is 2. The summed E-state index contributed by atoms with van der Waals surface area (Å²) in [6.07, 6.45) is 0. The van der Waals surface area contributed by atoms with Crippen LogP contribution >= 0.6 is 11.8 Å². The van der Waals surface area contributed by atoms with Gasteiger partial charge in [0.15, 0.2) is 5.82 Å². The highest BCUT2D eigenvalue weighted by molar-refractivity contribution is 8.00. The summed E-state index contributed by atoms with van der Waals surface area (Å²) in [5.41, 5.74) is 5.52. The average Bonchev–Trinajstić information content (AvgIpc) is 2.73. The molecule has 1 atom stereocenters. The molecule has 1 heterocycles. The normalized spacial score (nSPS) is 11.9. The highest BCUT2D eigenvalue weighted by Gasteiger charge is 2.14. The SMILES string of the molecule is COC(=O)C(N)CSCC(=O)Nc1cc(C)on1. The maximum atomic E-state index is 11.5. The van der Waals surface area contributed by atoms with Crippen molar-refractivity contribution in [2.75, 3.05) is 23.9 Å². The lowest BCUT2D eigenvalue weighted by Crippen LogP contribution is -2.34. The van der Waals surface area contributed by atoms with Crippen LogP contribution in [0.15, 0.2) is 10.6 Å². The summed E-state index contributed by atoms with van der Waals surface area (Å²) in [5.74, 6) is 0.760. The topological polar surface area (TPSA) is 107 Å². The quantitative estimate of drug-likeness (QED) is 0.710. The number of carbonyl (C=O) groups excluding carboxylic acids is 2. The number of thioether (sulfide) groups is 1. The Morgan fingerprint density at radius 1 is 1.67 bits per heavy atom. The van der Waals surface area contributed by atoms with E-state index in [0.29, 0.717) is 17.3 Å². The number of amides is 1. The number of nitrogens with zero attached hydrogens (tertiary/aromatic N) is 1. The van der Waals surface area contributed by atoms with Crippen LogP contribution in [0.3, 0.4) is 0 Å². The fourth-order valence-electron chi connectivity index (χ4n) is 1.10. The predicted octanol–water partition coefficient (Wildman–Crippen LogP) is 0.155. The van der Waals surface area contributed by atoms with Crippen LogP contribution in [0, 0.1) is 6.92 Å². The Morgan fingerprint density at radius 2 is 2.39 bits per heavy atom. The number of methoxy groups -OCH3 is 1. The Bertz CT molecular complexity index is 421. The minimum Gasteiger partial charge on any atom is -0.468 e. The minimum absolute atomic E-state index is 0.177. The molecule has 1 aromatic heterocycles. The second kappa shape index (κ2) is 7.02. The van der Waals surface area contributed by atoms with Gasteiger partial charge in [-0.1, -0.05) is 5.16 Å². The Hall–Kier alpha value is -1.54. The van der Waals surface area contributed by atoms with E-state index in [1.54, 1.807) is 13.0 Å². The molecule has 0 saturated heterocycles. The molecule has 100 valence electrons. The van der Waals surface area contributed by atoms with Gasteiger partial charge in [-0.15, -0.1) is 11.8 Å². The van der Waals surface area contributed by atoms with Gasteiger partial charge in [-0.25, -0.2) is 0 Å². The fraction of sp³-hybridized carbons (Fsp3) is 0.500. The molecule has 0 aromatic carbocycles. The van der Waals surface area contributed by atoms with Crippen LogP contribution in [0.5, 0.6) is 0 Å². The summed E-state index contributed by atoms with van der Waals surface area (Å²) in [4.78, 5) is 22.5.